The zero-order valence-electron chi connectivity index (χ0n) is 10.3. The van der Waals surface area contributed by atoms with E-state index in [4.69, 9.17) is 0 Å². The number of nitrogens with zero attached hydrogens (tertiary/aromatic N) is 3. The largest absolute Gasteiger partial charge is 0.308 e. The maximum atomic E-state index is 4.13. The third kappa shape index (κ3) is 2.53. The van der Waals surface area contributed by atoms with Crippen LogP contribution in [-0.2, 0) is 6.54 Å². The Balaban J connectivity index is 2.32. The molecule has 0 amide bonds. The fourth-order valence-corrected chi connectivity index (χ4v) is 2.01. The number of hydrogen-bond acceptors (Lipinski definition) is 3. The molecule has 0 fully saturated rings. The number of hydrogen-bond donors (Lipinski definition) is 1. The molecule has 1 unspecified atom stereocenters. The zero-order valence-corrected chi connectivity index (χ0v) is 10.3. The third-order valence-corrected chi connectivity index (χ3v) is 2.80. The van der Waals surface area contributed by atoms with Gasteiger partial charge in [-0.2, -0.15) is 0 Å². The number of rotatable bonds is 5. The van der Waals surface area contributed by atoms with E-state index in [-0.39, 0.29) is 6.04 Å². The van der Waals surface area contributed by atoms with E-state index in [1.54, 1.807) is 0 Å². The number of aromatic nitrogens is 3. The smallest absolute Gasteiger partial charge is 0.0801 e. The van der Waals surface area contributed by atoms with Crippen LogP contribution >= 0.6 is 0 Å². The van der Waals surface area contributed by atoms with Gasteiger partial charge in [-0.3, -0.25) is 0 Å². The van der Waals surface area contributed by atoms with Crippen LogP contribution in [-0.4, -0.2) is 22.0 Å². The van der Waals surface area contributed by atoms with Gasteiger partial charge in [-0.25, -0.2) is 4.68 Å². The summed E-state index contributed by atoms with van der Waals surface area (Å²) in [7, 11) is 1.96. The van der Waals surface area contributed by atoms with Crippen molar-refractivity contribution >= 4 is 0 Å². The molecule has 0 aliphatic rings. The summed E-state index contributed by atoms with van der Waals surface area (Å²) in [4.78, 5) is 0. The van der Waals surface area contributed by atoms with Crippen molar-refractivity contribution in [2.75, 3.05) is 7.05 Å². The topological polar surface area (TPSA) is 42.7 Å². The quantitative estimate of drug-likeness (QED) is 0.854. The molecule has 1 heterocycles. The summed E-state index contributed by atoms with van der Waals surface area (Å²) in [5.74, 6) is 0. The molecule has 2 rings (SSSR count). The highest BCUT2D eigenvalue weighted by molar-refractivity contribution is 5.26. The average Bonchev–Trinajstić information content (AvgIpc) is 2.81. The first-order chi connectivity index (χ1) is 8.36. The lowest BCUT2D eigenvalue weighted by Gasteiger charge is -2.17. The van der Waals surface area contributed by atoms with Crippen molar-refractivity contribution in [3.05, 3.63) is 47.8 Å². The molecular weight excluding hydrogens is 212 g/mol. The Hall–Kier alpha value is -1.68. The zero-order chi connectivity index (χ0) is 12.1. The predicted molar refractivity (Wildman–Crippen MR) is 67.7 cm³/mol. The molecular formula is C13H18N4. The fourth-order valence-electron chi connectivity index (χ4n) is 2.01. The Morgan fingerprint density at radius 2 is 2.06 bits per heavy atom. The monoisotopic (exact) mass is 230 g/mol. The van der Waals surface area contributed by atoms with E-state index in [9.17, 15) is 0 Å². The highest BCUT2D eigenvalue weighted by Gasteiger charge is 2.16. The molecule has 0 radical (unpaired) electrons. The first-order valence-electron chi connectivity index (χ1n) is 5.97. The molecule has 0 aliphatic carbocycles. The molecule has 2 aromatic rings. The molecule has 1 aromatic carbocycles. The normalized spacial score (nSPS) is 12.6. The second-order valence-electron chi connectivity index (χ2n) is 4.01. The van der Waals surface area contributed by atoms with Gasteiger partial charge in [0.2, 0.25) is 0 Å². The van der Waals surface area contributed by atoms with Crippen molar-refractivity contribution in [3.63, 3.8) is 0 Å². The van der Waals surface area contributed by atoms with E-state index in [2.05, 4.69) is 34.7 Å². The Bertz CT molecular complexity index is 449. The summed E-state index contributed by atoms with van der Waals surface area (Å²) in [6.45, 7) is 3.04. The van der Waals surface area contributed by atoms with E-state index in [1.807, 2.05) is 36.1 Å². The molecule has 17 heavy (non-hydrogen) atoms. The summed E-state index contributed by atoms with van der Waals surface area (Å²) in [5, 5.41) is 11.5. The Morgan fingerprint density at radius 1 is 1.29 bits per heavy atom. The molecule has 1 N–H and O–H groups in total. The maximum absolute atomic E-state index is 4.13. The summed E-state index contributed by atoms with van der Waals surface area (Å²) in [5.41, 5.74) is 2.34. The van der Waals surface area contributed by atoms with Crippen molar-refractivity contribution in [3.8, 4) is 0 Å². The molecule has 0 saturated carbocycles. The minimum absolute atomic E-state index is 0.151. The third-order valence-electron chi connectivity index (χ3n) is 2.80. The van der Waals surface area contributed by atoms with Crippen LogP contribution in [0, 0.1) is 0 Å². The van der Waals surface area contributed by atoms with Crippen LogP contribution in [0.3, 0.4) is 0 Å². The second kappa shape index (κ2) is 5.59. The molecule has 1 aromatic heterocycles. The molecule has 1 atom stereocenters. The van der Waals surface area contributed by atoms with Gasteiger partial charge in [0.1, 0.15) is 0 Å². The summed E-state index contributed by atoms with van der Waals surface area (Å²) >= 11 is 0. The lowest BCUT2D eigenvalue weighted by Crippen LogP contribution is -2.21. The van der Waals surface area contributed by atoms with Crippen LogP contribution in [0.25, 0.3) is 0 Å². The van der Waals surface area contributed by atoms with Gasteiger partial charge < -0.3 is 5.32 Å². The van der Waals surface area contributed by atoms with Gasteiger partial charge in [0, 0.05) is 6.54 Å². The molecule has 0 aliphatic heterocycles. The van der Waals surface area contributed by atoms with E-state index in [0.29, 0.717) is 0 Å². The van der Waals surface area contributed by atoms with Crippen LogP contribution in [0.15, 0.2) is 36.5 Å². The maximum Gasteiger partial charge on any atom is 0.0801 e. The fraction of sp³-hybridized carbons (Fsp3) is 0.385. The Kier molecular flexibility index (Phi) is 3.88. The highest BCUT2D eigenvalue weighted by atomic mass is 15.4. The summed E-state index contributed by atoms with van der Waals surface area (Å²) in [6.07, 6.45) is 2.89. The summed E-state index contributed by atoms with van der Waals surface area (Å²) in [6, 6.07) is 10.5. The van der Waals surface area contributed by atoms with Gasteiger partial charge in [0.25, 0.3) is 0 Å². The lowest BCUT2D eigenvalue weighted by atomic mass is 10.0. The van der Waals surface area contributed by atoms with E-state index >= 15 is 0 Å². The number of aryl methyl sites for hydroxylation is 1. The minimum Gasteiger partial charge on any atom is -0.308 e. The van der Waals surface area contributed by atoms with Crippen LogP contribution in [0.2, 0.25) is 0 Å². The van der Waals surface area contributed by atoms with Crippen molar-refractivity contribution in [2.24, 2.45) is 0 Å². The number of benzene rings is 1. The molecule has 0 bridgehead atoms. The highest BCUT2D eigenvalue weighted by Crippen LogP contribution is 2.20. The standard InChI is InChI=1S/C13H18N4/c1-3-9-17-12(10-15-16-17)13(14-2)11-7-5-4-6-8-11/h4-8,10,13-14H,3,9H2,1-2H3. The SMILES string of the molecule is CCCn1nncc1C(NC)c1ccccc1. The van der Waals surface area contributed by atoms with Crippen LogP contribution < -0.4 is 5.32 Å². The van der Waals surface area contributed by atoms with E-state index in [1.165, 1.54) is 5.56 Å². The van der Waals surface area contributed by atoms with Crippen molar-refractivity contribution in [2.45, 2.75) is 25.9 Å². The molecule has 0 spiro atoms. The van der Waals surface area contributed by atoms with Crippen LogP contribution in [0.5, 0.6) is 0 Å². The van der Waals surface area contributed by atoms with Gasteiger partial charge in [-0.1, -0.05) is 42.5 Å². The Labute approximate surface area is 102 Å². The first kappa shape index (κ1) is 11.8. The molecule has 4 nitrogen and oxygen atoms in total. The molecule has 4 heteroatoms. The van der Waals surface area contributed by atoms with Gasteiger partial charge in [-0.15, -0.1) is 5.10 Å². The van der Waals surface area contributed by atoms with Crippen LogP contribution in [0.1, 0.15) is 30.6 Å². The predicted octanol–water partition coefficient (Wildman–Crippen LogP) is 2.00. The molecule has 0 saturated heterocycles. The molecule has 90 valence electrons. The Morgan fingerprint density at radius 3 is 2.71 bits per heavy atom. The van der Waals surface area contributed by atoms with Gasteiger partial charge in [0.15, 0.2) is 0 Å². The number of nitrogens with one attached hydrogen (secondary N) is 1. The minimum atomic E-state index is 0.151. The second-order valence-corrected chi connectivity index (χ2v) is 4.01. The lowest BCUT2D eigenvalue weighted by molar-refractivity contribution is 0.523. The van der Waals surface area contributed by atoms with Crippen molar-refractivity contribution < 1.29 is 0 Å². The first-order valence-corrected chi connectivity index (χ1v) is 5.97. The van der Waals surface area contributed by atoms with Crippen molar-refractivity contribution in [1.29, 1.82) is 0 Å². The van der Waals surface area contributed by atoms with Crippen molar-refractivity contribution in [1.82, 2.24) is 20.3 Å². The summed E-state index contributed by atoms with van der Waals surface area (Å²) < 4.78 is 1.97. The van der Waals surface area contributed by atoms with Gasteiger partial charge in [-0.05, 0) is 19.0 Å². The van der Waals surface area contributed by atoms with Crippen LogP contribution in [0.4, 0.5) is 0 Å². The average molecular weight is 230 g/mol. The van der Waals surface area contributed by atoms with Gasteiger partial charge in [0.05, 0.1) is 17.9 Å². The van der Waals surface area contributed by atoms with E-state index in [0.717, 1.165) is 18.7 Å². The van der Waals surface area contributed by atoms with E-state index < -0.39 is 0 Å². The van der Waals surface area contributed by atoms with Gasteiger partial charge >= 0.3 is 0 Å².